The van der Waals surface area contributed by atoms with E-state index in [4.69, 9.17) is 4.98 Å². The molecule has 7 heterocycles. The van der Waals surface area contributed by atoms with E-state index in [0.717, 1.165) is 22.5 Å². The van der Waals surface area contributed by atoms with Crippen molar-refractivity contribution in [1.82, 2.24) is 22.9 Å². The summed E-state index contributed by atoms with van der Waals surface area (Å²) in [5.41, 5.74) is 22.5. The molecular formula is C81H63N5. The van der Waals surface area contributed by atoms with Gasteiger partial charge in [0, 0.05) is 87.1 Å². The van der Waals surface area contributed by atoms with Crippen LogP contribution < -0.4 is 0 Å². The number of fused-ring (bicyclic) bond motifs is 21. The highest BCUT2D eigenvalue weighted by atomic mass is 15.0. The zero-order valence-electron chi connectivity index (χ0n) is 50.0. The van der Waals surface area contributed by atoms with E-state index in [1.165, 1.54) is 158 Å². The Bertz CT molecular complexity index is 5920. The maximum atomic E-state index is 5.86. The van der Waals surface area contributed by atoms with Crippen LogP contribution in [0.15, 0.2) is 219 Å². The van der Waals surface area contributed by atoms with Crippen molar-refractivity contribution in [3.63, 3.8) is 0 Å². The molecule has 0 unspecified atom stereocenters. The molecule has 86 heavy (non-hydrogen) atoms. The van der Waals surface area contributed by atoms with Crippen LogP contribution in [0.5, 0.6) is 0 Å². The zero-order valence-corrected chi connectivity index (χ0v) is 50.0. The van der Waals surface area contributed by atoms with Gasteiger partial charge in [-0.2, -0.15) is 0 Å². The molecule has 5 nitrogen and oxygen atoms in total. The first-order valence-corrected chi connectivity index (χ1v) is 30.5. The molecule has 0 amide bonds. The Morgan fingerprint density at radius 1 is 0.291 bits per heavy atom. The molecule has 0 atom stereocenters. The molecule has 11 aromatic carbocycles. The number of rotatable bonds is 4. The summed E-state index contributed by atoms with van der Waals surface area (Å²) in [5.74, 6) is 0. The van der Waals surface area contributed by atoms with Crippen molar-refractivity contribution in [3.05, 3.63) is 235 Å². The van der Waals surface area contributed by atoms with Gasteiger partial charge in [0.05, 0.1) is 55.8 Å². The molecule has 0 fully saturated rings. The lowest BCUT2D eigenvalue weighted by molar-refractivity contribution is 0.591. The average Bonchev–Trinajstić information content (AvgIpc) is 1.51. The molecule has 0 N–H and O–H groups in total. The smallest absolute Gasteiger partial charge is 0.146 e. The monoisotopic (exact) mass is 1110 g/mol. The van der Waals surface area contributed by atoms with Crippen molar-refractivity contribution in [2.45, 2.75) is 78.6 Å². The predicted molar refractivity (Wildman–Crippen MR) is 367 cm³/mol. The number of hydrogen-bond donors (Lipinski definition) is 0. The van der Waals surface area contributed by atoms with Crippen LogP contribution >= 0.6 is 0 Å². The van der Waals surface area contributed by atoms with E-state index in [1.807, 2.05) is 0 Å². The summed E-state index contributed by atoms with van der Waals surface area (Å²) in [7, 11) is 0. The molecule has 0 spiro atoms. The van der Waals surface area contributed by atoms with Crippen molar-refractivity contribution in [3.8, 4) is 33.6 Å². The second-order valence-electron chi connectivity index (χ2n) is 27.6. The van der Waals surface area contributed by atoms with Gasteiger partial charge in [0.2, 0.25) is 0 Å². The maximum absolute atomic E-state index is 5.86. The lowest BCUT2D eigenvalue weighted by Crippen LogP contribution is -2.11. The van der Waals surface area contributed by atoms with Gasteiger partial charge >= 0.3 is 0 Å². The van der Waals surface area contributed by atoms with Gasteiger partial charge < -0.3 is 13.5 Å². The van der Waals surface area contributed by atoms with Crippen LogP contribution in [-0.4, -0.2) is 22.9 Å². The minimum absolute atomic E-state index is 0.115. The molecule has 0 aliphatic rings. The minimum atomic E-state index is -0.145. The first-order valence-electron chi connectivity index (χ1n) is 30.5. The van der Waals surface area contributed by atoms with E-state index in [2.05, 4.69) is 299 Å². The number of hydrogen-bond acceptors (Lipinski definition) is 1. The second-order valence-corrected chi connectivity index (χ2v) is 27.6. The summed E-state index contributed by atoms with van der Waals surface area (Å²) in [4.78, 5) is 5.86. The molecule has 7 aromatic heterocycles. The van der Waals surface area contributed by atoms with Gasteiger partial charge in [-0.1, -0.05) is 172 Å². The van der Waals surface area contributed by atoms with Crippen LogP contribution in [0.3, 0.4) is 0 Å². The first-order chi connectivity index (χ1) is 41.6. The summed E-state index contributed by atoms with van der Waals surface area (Å²) in [6.07, 6.45) is 2.22. The number of nitrogens with zero attached hydrogens (tertiary/aromatic N) is 5. The summed E-state index contributed by atoms with van der Waals surface area (Å²) in [6, 6.07) is 80.3. The number of para-hydroxylation sites is 4. The fourth-order valence-electron chi connectivity index (χ4n) is 15.2. The molecule has 0 saturated heterocycles. The fourth-order valence-corrected chi connectivity index (χ4v) is 15.2. The molecule has 0 bridgehead atoms. The second kappa shape index (κ2) is 16.9. The number of pyridine rings is 1. The van der Waals surface area contributed by atoms with Crippen molar-refractivity contribution in [2.75, 3.05) is 0 Å². The molecule has 0 aliphatic carbocycles. The molecule has 18 aromatic rings. The first kappa shape index (κ1) is 49.5. The number of benzene rings is 11. The lowest BCUT2D eigenvalue weighted by atomic mass is 9.82. The summed E-state index contributed by atoms with van der Waals surface area (Å²) >= 11 is 0. The fraction of sp³-hybridized carbons (Fsp3) is 0.148. The highest BCUT2D eigenvalue weighted by Gasteiger charge is 2.32. The van der Waals surface area contributed by atoms with Crippen molar-refractivity contribution < 1.29 is 0 Å². The third kappa shape index (κ3) is 6.63. The maximum Gasteiger partial charge on any atom is 0.146 e. The Morgan fingerprint density at radius 2 is 0.721 bits per heavy atom. The molecule has 412 valence electrons. The molecule has 18 rings (SSSR count). The van der Waals surface area contributed by atoms with Crippen LogP contribution in [0.2, 0.25) is 0 Å². The van der Waals surface area contributed by atoms with Gasteiger partial charge in [-0.15, -0.1) is 0 Å². The van der Waals surface area contributed by atoms with Crippen molar-refractivity contribution in [1.29, 1.82) is 0 Å². The molecule has 0 aliphatic heterocycles. The van der Waals surface area contributed by atoms with Crippen LogP contribution in [0, 0.1) is 0 Å². The Balaban J connectivity index is 0.992. The van der Waals surface area contributed by atoms with Gasteiger partial charge in [-0.3, -0.25) is 4.40 Å². The van der Waals surface area contributed by atoms with Crippen molar-refractivity contribution >= 4 is 131 Å². The van der Waals surface area contributed by atoms with E-state index < -0.39 is 0 Å². The SMILES string of the molecule is CC(C)(C)c1cc(-c2ccc3c(c2)c2ccccc2n3-c2ccccc2)c2c(c1)c1cc(C(C)(C)C)cc3c4c5c6cc(C(C)(C)C)cc7c8c9ccccc9cc(-c9ccc%10c(c9)c9ccccc9n%10-c9ccccc9)c8n(c5ncc4n2c13)c67. The van der Waals surface area contributed by atoms with Crippen LogP contribution in [-0.2, 0) is 16.2 Å². The zero-order chi connectivity index (χ0) is 58.0. The Labute approximate surface area is 498 Å². The Morgan fingerprint density at radius 3 is 1.28 bits per heavy atom. The van der Waals surface area contributed by atoms with Crippen molar-refractivity contribution in [2.24, 2.45) is 0 Å². The molecule has 0 saturated carbocycles. The van der Waals surface area contributed by atoms with E-state index >= 15 is 0 Å². The quantitative estimate of drug-likeness (QED) is 0.173. The normalized spacial score (nSPS) is 13.2. The Kier molecular flexibility index (Phi) is 9.71. The summed E-state index contributed by atoms with van der Waals surface area (Å²) in [6.45, 7) is 21.3. The van der Waals surface area contributed by atoms with Crippen LogP contribution in [0.25, 0.3) is 164 Å². The predicted octanol–water partition coefficient (Wildman–Crippen LogP) is 22.0. The van der Waals surface area contributed by atoms with E-state index in [9.17, 15) is 0 Å². The number of aromatic nitrogens is 5. The largest absolute Gasteiger partial charge is 0.309 e. The van der Waals surface area contributed by atoms with E-state index in [1.54, 1.807) is 0 Å². The topological polar surface area (TPSA) is 31.6 Å². The average molecular weight is 1110 g/mol. The molecule has 0 radical (unpaired) electrons. The van der Waals surface area contributed by atoms with Crippen LogP contribution in [0.4, 0.5) is 0 Å². The standard InChI is InChI=1S/C81H63N5/c1-79(2,3)49-39-58(48-33-35-69-60(38-48)56-29-19-21-31-67(56)84(69)53-25-14-11-15-26-53)74-61(40-49)62-41-50(80(4,5)6)43-64-72-70(85(74)75(62)64)45-82-78-73(72)65-44-51(81(7,8)9)42-63-71-54-27-17-16-22-46(54)36-57(77(71)86(78)76(63)65)47-32-34-68-59(37-47)55-28-18-20-30-66(55)83(68)52-23-12-10-13-24-52/h10-45H,1-9H3. The van der Waals surface area contributed by atoms with Crippen LogP contribution in [0.1, 0.15) is 79.0 Å². The van der Waals surface area contributed by atoms with Gasteiger partial charge in [0.1, 0.15) is 5.65 Å². The highest BCUT2D eigenvalue weighted by Crippen LogP contribution is 2.53. The van der Waals surface area contributed by atoms with Gasteiger partial charge in [-0.25, -0.2) is 4.98 Å². The summed E-state index contributed by atoms with van der Waals surface area (Å²) < 4.78 is 10.0. The van der Waals surface area contributed by atoms with Gasteiger partial charge in [0.25, 0.3) is 0 Å². The third-order valence-corrected chi connectivity index (χ3v) is 19.4. The lowest BCUT2D eigenvalue weighted by Gasteiger charge is -2.22. The third-order valence-electron chi connectivity index (χ3n) is 19.4. The highest BCUT2D eigenvalue weighted by molar-refractivity contribution is 6.38. The van der Waals surface area contributed by atoms with E-state index in [0.29, 0.717) is 0 Å². The minimum Gasteiger partial charge on any atom is -0.309 e. The van der Waals surface area contributed by atoms with Gasteiger partial charge in [-0.05, 0) is 158 Å². The summed E-state index contributed by atoms with van der Waals surface area (Å²) in [5, 5.41) is 17.6. The molecule has 5 heteroatoms. The van der Waals surface area contributed by atoms with Gasteiger partial charge in [0.15, 0.2) is 0 Å². The van der Waals surface area contributed by atoms with E-state index in [-0.39, 0.29) is 16.2 Å². The molecular weight excluding hydrogens is 1040 g/mol. The Hall–Kier alpha value is -9.97.